The smallest absolute Gasteiger partial charge is 0.261 e. The fraction of sp³-hybridized carbons (Fsp3) is 0.583. The van der Waals surface area contributed by atoms with Crippen LogP contribution in [0.1, 0.15) is 30.4 Å². The summed E-state index contributed by atoms with van der Waals surface area (Å²) in [5, 5.41) is 4.31. The van der Waals surface area contributed by atoms with Gasteiger partial charge in [-0.05, 0) is 26.0 Å². The Morgan fingerprint density at radius 3 is 2.55 bits per heavy atom. The lowest BCUT2D eigenvalue weighted by molar-refractivity contribution is 0.0887. The molecule has 0 bridgehead atoms. The fourth-order valence-corrected chi connectivity index (χ4v) is 3.35. The first kappa shape index (κ1) is 17.1. The first-order valence-electron chi connectivity index (χ1n) is 6.21. The van der Waals surface area contributed by atoms with Gasteiger partial charge in [0.05, 0.1) is 15.3 Å². The summed E-state index contributed by atoms with van der Waals surface area (Å²) >= 11 is 1.09. The molecule has 20 heavy (non-hydrogen) atoms. The monoisotopic (exact) mass is 319 g/mol. The van der Waals surface area contributed by atoms with Gasteiger partial charge in [-0.15, -0.1) is 11.3 Å². The van der Waals surface area contributed by atoms with Crippen molar-refractivity contribution >= 4 is 27.3 Å². The van der Waals surface area contributed by atoms with E-state index in [1.807, 2.05) is 20.8 Å². The molecule has 4 N–H and O–H groups in total. The number of hydrogen-bond acceptors (Lipinski definition) is 5. The van der Waals surface area contributed by atoms with Crippen molar-refractivity contribution < 1.29 is 13.2 Å². The lowest BCUT2D eigenvalue weighted by atomic mass is 9.88. The lowest BCUT2D eigenvalue weighted by Gasteiger charge is -2.33. The highest BCUT2D eigenvalue weighted by molar-refractivity contribution is 7.89. The molecule has 1 atom stereocenters. The van der Waals surface area contributed by atoms with Crippen molar-refractivity contribution in [2.24, 2.45) is 11.7 Å². The molecular formula is C12H21N3O3S2. The third kappa shape index (κ3) is 3.57. The molecule has 1 amide bonds. The summed E-state index contributed by atoms with van der Waals surface area (Å²) in [4.78, 5) is 12.6. The maximum atomic E-state index is 12.2. The van der Waals surface area contributed by atoms with E-state index in [1.165, 1.54) is 18.5 Å². The third-order valence-corrected chi connectivity index (χ3v) is 5.95. The summed E-state index contributed by atoms with van der Waals surface area (Å²) < 4.78 is 25.5. The molecule has 0 aliphatic heterocycles. The summed E-state index contributed by atoms with van der Waals surface area (Å²) in [7, 11) is -2.19. The topological polar surface area (TPSA) is 101 Å². The van der Waals surface area contributed by atoms with Gasteiger partial charge in [0.25, 0.3) is 5.91 Å². The summed E-state index contributed by atoms with van der Waals surface area (Å²) in [5.74, 6) is -0.147. The molecule has 0 aromatic carbocycles. The van der Waals surface area contributed by atoms with E-state index in [0.29, 0.717) is 11.4 Å². The minimum absolute atomic E-state index is 0.0918. The minimum Gasteiger partial charge on any atom is -0.345 e. The molecule has 1 rings (SSSR count). The van der Waals surface area contributed by atoms with E-state index in [2.05, 4.69) is 10.0 Å². The Bertz CT molecular complexity index is 581. The third-order valence-electron chi connectivity index (χ3n) is 3.48. The second-order valence-corrected chi connectivity index (χ2v) is 7.88. The summed E-state index contributed by atoms with van der Waals surface area (Å²) in [6.07, 6.45) is 0. The maximum Gasteiger partial charge on any atom is 0.261 e. The van der Waals surface area contributed by atoms with E-state index in [9.17, 15) is 13.2 Å². The normalized spacial score (nSPS) is 15.1. The molecule has 0 fully saturated rings. The molecule has 1 unspecified atom stereocenters. The van der Waals surface area contributed by atoms with Crippen LogP contribution in [0.5, 0.6) is 0 Å². The zero-order chi connectivity index (χ0) is 15.6. The second-order valence-electron chi connectivity index (χ2n) is 5.08. The van der Waals surface area contributed by atoms with Gasteiger partial charge in [-0.25, -0.2) is 13.1 Å². The number of rotatable bonds is 6. The Morgan fingerprint density at radius 2 is 2.10 bits per heavy atom. The van der Waals surface area contributed by atoms with Crippen LogP contribution in [0.15, 0.2) is 16.3 Å². The number of thiophene rings is 1. The Hall–Kier alpha value is -0.960. The largest absolute Gasteiger partial charge is 0.345 e. The maximum absolute atomic E-state index is 12.2. The minimum atomic E-state index is -3.52. The molecule has 1 heterocycles. The van der Waals surface area contributed by atoms with Crippen LogP contribution in [0.2, 0.25) is 0 Å². The van der Waals surface area contributed by atoms with Crippen LogP contribution in [0.4, 0.5) is 0 Å². The van der Waals surface area contributed by atoms with Crippen LogP contribution in [-0.4, -0.2) is 33.5 Å². The molecule has 0 saturated heterocycles. The highest BCUT2D eigenvalue weighted by atomic mass is 32.2. The van der Waals surface area contributed by atoms with Gasteiger partial charge in [0, 0.05) is 11.9 Å². The van der Waals surface area contributed by atoms with E-state index in [4.69, 9.17) is 5.73 Å². The lowest BCUT2D eigenvalue weighted by Crippen LogP contribution is -2.54. The van der Waals surface area contributed by atoms with Crippen LogP contribution in [0.25, 0.3) is 0 Å². The van der Waals surface area contributed by atoms with Crippen LogP contribution < -0.4 is 15.8 Å². The molecule has 114 valence electrons. The number of nitrogens with two attached hydrogens (primary N) is 1. The highest BCUT2D eigenvalue weighted by Crippen LogP contribution is 2.21. The van der Waals surface area contributed by atoms with Gasteiger partial charge < -0.3 is 11.1 Å². The van der Waals surface area contributed by atoms with Crippen LogP contribution in [-0.2, 0) is 10.0 Å². The SMILES string of the molecule is CNS(=O)(=O)c1csc(C(=O)NC(C)(CN)C(C)C)c1. The van der Waals surface area contributed by atoms with Crippen molar-refractivity contribution in [1.29, 1.82) is 0 Å². The van der Waals surface area contributed by atoms with Gasteiger partial charge in [0.2, 0.25) is 10.0 Å². The van der Waals surface area contributed by atoms with Crippen LogP contribution in [0, 0.1) is 5.92 Å². The first-order chi connectivity index (χ1) is 9.16. The van der Waals surface area contributed by atoms with Crippen LogP contribution in [0.3, 0.4) is 0 Å². The second kappa shape index (κ2) is 6.21. The fourth-order valence-electron chi connectivity index (χ4n) is 1.45. The van der Waals surface area contributed by atoms with Gasteiger partial charge in [0.15, 0.2) is 0 Å². The van der Waals surface area contributed by atoms with Gasteiger partial charge in [0.1, 0.15) is 0 Å². The molecular weight excluding hydrogens is 298 g/mol. The van der Waals surface area contributed by atoms with E-state index in [1.54, 1.807) is 0 Å². The summed E-state index contributed by atoms with van der Waals surface area (Å²) in [6.45, 7) is 6.12. The van der Waals surface area contributed by atoms with E-state index >= 15 is 0 Å². The van der Waals surface area contributed by atoms with Gasteiger partial charge in [-0.2, -0.15) is 0 Å². The number of nitrogens with one attached hydrogen (secondary N) is 2. The molecule has 0 saturated carbocycles. The standard InChI is InChI=1S/C12H21N3O3S2/c1-8(2)12(3,7-13)15-11(16)10-5-9(6-19-10)20(17,18)14-4/h5-6,8,14H,7,13H2,1-4H3,(H,15,16). The molecule has 1 aromatic rings. The highest BCUT2D eigenvalue weighted by Gasteiger charge is 2.29. The summed E-state index contributed by atoms with van der Waals surface area (Å²) in [6, 6.07) is 1.36. The van der Waals surface area contributed by atoms with Crippen molar-refractivity contribution in [3.63, 3.8) is 0 Å². The van der Waals surface area contributed by atoms with E-state index in [-0.39, 0.29) is 16.7 Å². The molecule has 0 radical (unpaired) electrons. The van der Waals surface area contributed by atoms with Gasteiger partial charge in [-0.1, -0.05) is 13.8 Å². The Balaban J connectivity index is 2.95. The Labute approximate surface area is 123 Å². The molecule has 1 aromatic heterocycles. The van der Waals surface area contributed by atoms with E-state index in [0.717, 1.165) is 11.3 Å². The van der Waals surface area contributed by atoms with E-state index < -0.39 is 15.6 Å². The van der Waals surface area contributed by atoms with Gasteiger partial charge >= 0.3 is 0 Å². The predicted octanol–water partition coefficient (Wildman–Crippen LogP) is 0.759. The number of sulfonamides is 1. The van der Waals surface area contributed by atoms with Crippen molar-refractivity contribution in [3.05, 3.63) is 16.3 Å². The molecule has 0 spiro atoms. The summed E-state index contributed by atoms with van der Waals surface area (Å²) in [5.41, 5.74) is 5.19. The number of carbonyl (C=O) groups excluding carboxylic acids is 1. The van der Waals surface area contributed by atoms with Crippen molar-refractivity contribution in [2.45, 2.75) is 31.2 Å². The van der Waals surface area contributed by atoms with Crippen molar-refractivity contribution in [2.75, 3.05) is 13.6 Å². The molecule has 0 aliphatic rings. The van der Waals surface area contributed by atoms with Gasteiger partial charge in [-0.3, -0.25) is 4.79 Å². The molecule has 6 nitrogen and oxygen atoms in total. The Morgan fingerprint density at radius 1 is 1.50 bits per heavy atom. The number of amides is 1. The first-order valence-corrected chi connectivity index (χ1v) is 8.57. The predicted molar refractivity (Wildman–Crippen MR) is 80.3 cm³/mol. The molecule has 8 heteroatoms. The Kier molecular flexibility index (Phi) is 5.31. The average molecular weight is 319 g/mol. The molecule has 0 aliphatic carbocycles. The number of hydrogen-bond donors (Lipinski definition) is 3. The average Bonchev–Trinajstić information content (AvgIpc) is 2.88. The van der Waals surface area contributed by atoms with Crippen molar-refractivity contribution in [3.8, 4) is 0 Å². The zero-order valence-corrected chi connectivity index (χ0v) is 13.7. The number of carbonyl (C=O) groups is 1. The quantitative estimate of drug-likeness (QED) is 0.720. The zero-order valence-electron chi connectivity index (χ0n) is 12.1. The van der Waals surface area contributed by atoms with Crippen LogP contribution >= 0.6 is 11.3 Å². The van der Waals surface area contributed by atoms with Crippen molar-refractivity contribution in [1.82, 2.24) is 10.0 Å².